The van der Waals surface area contributed by atoms with Gasteiger partial charge in [-0.1, -0.05) is 66.5 Å². The van der Waals surface area contributed by atoms with E-state index < -0.39 is 0 Å². The number of benzene rings is 2. The van der Waals surface area contributed by atoms with Gasteiger partial charge in [-0.3, -0.25) is 4.79 Å². The predicted octanol–water partition coefficient (Wildman–Crippen LogP) is 5.44. The van der Waals surface area contributed by atoms with Gasteiger partial charge in [0.05, 0.1) is 11.3 Å². The molecule has 1 aromatic heterocycles. The SMILES string of the molecule is O=C(CSc1nc(-c2ccccc2)nc2ccc(Cl)cc12)N1CCCCCC1. The van der Waals surface area contributed by atoms with Crippen LogP contribution in [0.25, 0.3) is 22.3 Å². The lowest BCUT2D eigenvalue weighted by atomic mass is 10.2. The molecule has 1 aliphatic heterocycles. The molecule has 0 radical (unpaired) electrons. The number of hydrogen-bond acceptors (Lipinski definition) is 4. The normalized spacial score (nSPS) is 14.8. The van der Waals surface area contributed by atoms with E-state index in [1.54, 1.807) is 0 Å². The molecule has 2 aromatic carbocycles. The van der Waals surface area contributed by atoms with E-state index in [1.807, 2.05) is 53.4 Å². The Morgan fingerprint density at radius 1 is 1.00 bits per heavy atom. The molecule has 0 bridgehead atoms. The van der Waals surface area contributed by atoms with Gasteiger partial charge in [-0.05, 0) is 31.0 Å². The van der Waals surface area contributed by atoms with E-state index in [1.165, 1.54) is 24.6 Å². The van der Waals surface area contributed by atoms with E-state index in [2.05, 4.69) is 0 Å². The van der Waals surface area contributed by atoms with Gasteiger partial charge in [0.2, 0.25) is 5.91 Å². The Kier molecular flexibility index (Phi) is 6.13. The largest absolute Gasteiger partial charge is 0.342 e. The van der Waals surface area contributed by atoms with Gasteiger partial charge in [0, 0.05) is 29.1 Å². The number of thioether (sulfide) groups is 1. The van der Waals surface area contributed by atoms with Crippen molar-refractivity contribution >= 4 is 40.2 Å². The molecule has 144 valence electrons. The van der Waals surface area contributed by atoms with Crippen LogP contribution in [0.1, 0.15) is 25.7 Å². The van der Waals surface area contributed by atoms with Crippen molar-refractivity contribution in [1.82, 2.24) is 14.9 Å². The molecule has 1 amide bonds. The molecular weight excluding hydrogens is 390 g/mol. The van der Waals surface area contributed by atoms with E-state index in [9.17, 15) is 4.79 Å². The summed E-state index contributed by atoms with van der Waals surface area (Å²) in [5, 5.41) is 2.33. The minimum Gasteiger partial charge on any atom is -0.342 e. The number of fused-ring (bicyclic) bond motifs is 1. The lowest BCUT2D eigenvalue weighted by Gasteiger charge is -2.20. The molecule has 6 heteroatoms. The second-order valence-electron chi connectivity index (χ2n) is 6.96. The predicted molar refractivity (Wildman–Crippen MR) is 116 cm³/mol. The molecule has 2 heterocycles. The topological polar surface area (TPSA) is 46.1 Å². The maximum Gasteiger partial charge on any atom is 0.232 e. The Balaban J connectivity index is 1.62. The summed E-state index contributed by atoms with van der Waals surface area (Å²) in [4.78, 5) is 24.2. The molecule has 0 atom stereocenters. The monoisotopic (exact) mass is 411 g/mol. The number of amides is 1. The van der Waals surface area contributed by atoms with E-state index in [4.69, 9.17) is 21.6 Å². The summed E-state index contributed by atoms with van der Waals surface area (Å²) >= 11 is 7.69. The Hall–Kier alpha value is -2.11. The van der Waals surface area contributed by atoms with Crippen LogP contribution in [0.2, 0.25) is 5.02 Å². The summed E-state index contributed by atoms with van der Waals surface area (Å²) in [6.45, 7) is 1.73. The third kappa shape index (κ3) is 4.47. The minimum atomic E-state index is 0.182. The summed E-state index contributed by atoms with van der Waals surface area (Å²) in [6, 6.07) is 15.5. The molecule has 0 N–H and O–H groups in total. The first-order valence-corrected chi connectivity index (χ1v) is 11.0. The summed E-state index contributed by atoms with van der Waals surface area (Å²) in [5.74, 6) is 1.23. The highest BCUT2D eigenvalue weighted by Gasteiger charge is 2.17. The first-order chi connectivity index (χ1) is 13.7. The van der Waals surface area contributed by atoms with Gasteiger partial charge in [0.1, 0.15) is 5.03 Å². The third-order valence-corrected chi connectivity index (χ3v) is 6.16. The van der Waals surface area contributed by atoms with Crippen molar-refractivity contribution < 1.29 is 4.79 Å². The molecule has 0 spiro atoms. The van der Waals surface area contributed by atoms with Crippen LogP contribution >= 0.6 is 23.4 Å². The summed E-state index contributed by atoms with van der Waals surface area (Å²) in [5.41, 5.74) is 1.79. The van der Waals surface area contributed by atoms with Crippen LogP contribution in [0.15, 0.2) is 53.6 Å². The second kappa shape index (κ2) is 8.93. The van der Waals surface area contributed by atoms with E-state index in [0.29, 0.717) is 16.6 Å². The Morgan fingerprint density at radius 3 is 2.50 bits per heavy atom. The Bertz CT molecular complexity index is 972. The van der Waals surface area contributed by atoms with Gasteiger partial charge in [0.15, 0.2) is 5.82 Å². The Morgan fingerprint density at radius 2 is 1.75 bits per heavy atom. The zero-order chi connectivity index (χ0) is 19.3. The van der Waals surface area contributed by atoms with Crippen molar-refractivity contribution in [2.75, 3.05) is 18.8 Å². The average molecular weight is 412 g/mol. The van der Waals surface area contributed by atoms with E-state index in [-0.39, 0.29) is 5.91 Å². The molecule has 28 heavy (non-hydrogen) atoms. The number of rotatable bonds is 4. The molecule has 0 aliphatic carbocycles. The van der Waals surface area contributed by atoms with Crippen LogP contribution in [0.3, 0.4) is 0 Å². The molecule has 0 saturated carbocycles. The zero-order valence-electron chi connectivity index (χ0n) is 15.6. The van der Waals surface area contributed by atoms with Crippen molar-refractivity contribution in [3.63, 3.8) is 0 Å². The second-order valence-corrected chi connectivity index (χ2v) is 8.36. The van der Waals surface area contributed by atoms with Crippen molar-refractivity contribution in [1.29, 1.82) is 0 Å². The summed E-state index contributed by atoms with van der Waals surface area (Å²) in [6.07, 6.45) is 4.63. The van der Waals surface area contributed by atoms with Gasteiger partial charge in [-0.25, -0.2) is 9.97 Å². The number of halogens is 1. The number of aromatic nitrogens is 2. The fourth-order valence-electron chi connectivity index (χ4n) is 3.44. The third-order valence-electron chi connectivity index (χ3n) is 4.95. The number of nitrogens with zero attached hydrogens (tertiary/aromatic N) is 3. The van der Waals surface area contributed by atoms with Crippen LogP contribution < -0.4 is 0 Å². The maximum absolute atomic E-state index is 12.7. The minimum absolute atomic E-state index is 0.182. The van der Waals surface area contributed by atoms with Crippen LogP contribution in [0, 0.1) is 0 Å². The van der Waals surface area contributed by atoms with Gasteiger partial charge in [-0.15, -0.1) is 0 Å². The number of hydrogen-bond donors (Lipinski definition) is 0. The molecule has 4 rings (SSSR count). The van der Waals surface area contributed by atoms with E-state index >= 15 is 0 Å². The smallest absolute Gasteiger partial charge is 0.232 e. The highest BCUT2D eigenvalue weighted by Crippen LogP contribution is 2.30. The summed E-state index contributed by atoms with van der Waals surface area (Å²) in [7, 11) is 0. The molecule has 1 aliphatic rings. The van der Waals surface area contributed by atoms with Crippen LogP contribution in [0.4, 0.5) is 0 Å². The molecule has 0 unspecified atom stereocenters. The van der Waals surface area contributed by atoms with Crippen LogP contribution in [-0.4, -0.2) is 39.6 Å². The van der Waals surface area contributed by atoms with Crippen LogP contribution in [0.5, 0.6) is 0 Å². The molecule has 4 nitrogen and oxygen atoms in total. The first kappa shape index (κ1) is 19.2. The average Bonchev–Trinajstić information content (AvgIpc) is 3.02. The quantitative estimate of drug-likeness (QED) is 0.423. The highest BCUT2D eigenvalue weighted by atomic mass is 35.5. The highest BCUT2D eigenvalue weighted by molar-refractivity contribution is 8.00. The van der Waals surface area contributed by atoms with Gasteiger partial charge in [-0.2, -0.15) is 0 Å². The number of carbonyl (C=O) groups excluding carboxylic acids is 1. The zero-order valence-corrected chi connectivity index (χ0v) is 17.2. The van der Waals surface area contributed by atoms with Crippen molar-refractivity contribution in [3.05, 3.63) is 53.6 Å². The fourth-order valence-corrected chi connectivity index (χ4v) is 4.53. The maximum atomic E-state index is 12.7. The first-order valence-electron chi connectivity index (χ1n) is 9.64. The molecular formula is C22H22ClN3OS. The van der Waals surface area contributed by atoms with Crippen LogP contribution in [-0.2, 0) is 4.79 Å². The van der Waals surface area contributed by atoms with Gasteiger partial charge in [0.25, 0.3) is 0 Å². The lowest BCUT2D eigenvalue weighted by molar-refractivity contribution is -0.128. The Labute approximate surface area is 174 Å². The van der Waals surface area contributed by atoms with Gasteiger partial charge < -0.3 is 4.90 Å². The fraction of sp³-hybridized carbons (Fsp3) is 0.318. The molecule has 3 aromatic rings. The summed E-state index contributed by atoms with van der Waals surface area (Å²) < 4.78 is 0. The molecule has 1 saturated heterocycles. The molecule has 1 fully saturated rings. The van der Waals surface area contributed by atoms with Crippen molar-refractivity contribution in [2.24, 2.45) is 0 Å². The number of carbonyl (C=O) groups is 1. The van der Waals surface area contributed by atoms with Gasteiger partial charge >= 0.3 is 0 Å². The standard InChI is InChI=1S/C22H22ClN3OS/c23-17-10-11-19-18(14-17)22(25-21(24-19)16-8-4-3-5-9-16)28-15-20(27)26-12-6-1-2-7-13-26/h3-5,8-11,14H,1-2,6-7,12-13,15H2. The van der Waals surface area contributed by atoms with E-state index in [0.717, 1.165) is 47.4 Å². The van der Waals surface area contributed by atoms with Crippen molar-refractivity contribution in [3.8, 4) is 11.4 Å². The number of likely N-dealkylation sites (tertiary alicyclic amines) is 1. The van der Waals surface area contributed by atoms with Crippen molar-refractivity contribution in [2.45, 2.75) is 30.7 Å². The lowest BCUT2D eigenvalue weighted by Crippen LogP contribution is -2.33.